The molecule has 0 spiro atoms. The molecule has 0 radical (unpaired) electrons. The van der Waals surface area contributed by atoms with Crippen molar-refractivity contribution in [2.45, 2.75) is 6.92 Å². The van der Waals surface area contributed by atoms with Gasteiger partial charge in [0, 0.05) is 12.3 Å². The number of aromatic nitrogens is 1. The predicted octanol–water partition coefficient (Wildman–Crippen LogP) is 0.914. The molecule has 1 N–H and O–H groups in total. The highest BCUT2D eigenvalue weighted by atomic mass is 32.1. The van der Waals surface area contributed by atoms with Gasteiger partial charge in [-0.25, -0.2) is 4.98 Å². The zero-order valence-electron chi connectivity index (χ0n) is 5.83. The Morgan fingerprint density at radius 3 is 3.00 bits per heavy atom. The Morgan fingerprint density at radius 2 is 2.55 bits per heavy atom. The number of nitrogens with one attached hydrogen (secondary N) is 1. The molecule has 0 aromatic carbocycles. The summed E-state index contributed by atoms with van der Waals surface area (Å²) in [7, 11) is 0. The standard InChI is InChI=1S/C6H6N2O2S/c1-4(10)5-2-11-6(8-5)7-3-9/h2-3H,1H3,(H,7,8,9). The number of hydrogen-bond acceptors (Lipinski definition) is 4. The summed E-state index contributed by atoms with van der Waals surface area (Å²) in [5, 5.41) is 4.41. The number of amides is 1. The number of nitrogens with zero attached hydrogens (tertiary/aromatic N) is 1. The first-order chi connectivity index (χ1) is 5.24. The van der Waals surface area contributed by atoms with Crippen molar-refractivity contribution in [1.82, 2.24) is 4.98 Å². The van der Waals surface area contributed by atoms with Gasteiger partial charge in [-0.15, -0.1) is 11.3 Å². The van der Waals surface area contributed by atoms with E-state index in [-0.39, 0.29) is 5.78 Å². The highest BCUT2D eigenvalue weighted by Gasteiger charge is 2.03. The Morgan fingerprint density at radius 1 is 1.82 bits per heavy atom. The molecule has 0 aliphatic rings. The van der Waals surface area contributed by atoms with E-state index in [0.29, 0.717) is 17.2 Å². The molecule has 0 saturated heterocycles. The summed E-state index contributed by atoms with van der Waals surface area (Å²) in [5.41, 5.74) is 0.388. The summed E-state index contributed by atoms with van der Waals surface area (Å²) in [6.07, 6.45) is 0.531. The average molecular weight is 170 g/mol. The van der Waals surface area contributed by atoms with Crippen LogP contribution in [0.2, 0.25) is 0 Å². The molecule has 0 bridgehead atoms. The topological polar surface area (TPSA) is 59.1 Å². The first-order valence-corrected chi connectivity index (χ1v) is 3.78. The molecule has 4 nitrogen and oxygen atoms in total. The van der Waals surface area contributed by atoms with Gasteiger partial charge in [-0.2, -0.15) is 0 Å². The normalized spacial score (nSPS) is 9.18. The number of carbonyl (C=O) groups is 2. The Hall–Kier alpha value is -1.23. The van der Waals surface area contributed by atoms with Gasteiger partial charge in [0.05, 0.1) is 0 Å². The van der Waals surface area contributed by atoms with Crippen molar-refractivity contribution in [1.29, 1.82) is 0 Å². The molecular weight excluding hydrogens is 164 g/mol. The second-order valence-corrected chi connectivity index (χ2v) is 2.71. The predicted molar refractivity (Wildman–Crippen MR) is 41.8 cm³/mol. The lowest BCUT2D eigenvalue weighted by Crippen LogP contribution is -1.95. The van der Waals surface area contributed by atoms with E-state index < -0.39 is 0 Å². The van der Waals surface area contributed by atoms with E-state index in [1.165, 1.54) is 18.3 Å². The summed E-state index contributed by atoms with van der Waals surface area (Å²) in [6, 6.07) is 0. The number of anilines is 1. The zero-order chi connectivity index (χ0) is 8.27. The van der Waals surface area contributed by atoms with Crippen LogP contribution in [0.3, 0.4) is 0 Å². The third-order valence-electron chi connectivity index (χ3n) is 1.05. The van der Waals surface area contributed by atoms with Crippen LogP contribution >= 0.6 is 11.3 Å². The first kappa shape index (κ1) is 7.87. The van der Waals surface area contributed by atoms with Gasteiger partial charge < -0.3 is 5.32 Å². The maximum Gasteiger partial charge on any atom is 0.213 e. The van der Waals surface area contributed by atoms with Gasteiger partial charge in [-0.3, -0.25) is 9.59 Å². The van der Waals surface area contributed by atoms with Crippen molar-refractivity contribution in [2.24, 2.45) is 0 Å². The lowest BCUT2D eigenvalue weighted by atomic mass is 10.4. The van der Waals surface area contributed by atoms with Crippen LogP contribution in [0.4, 0.5) is 5.13 Å². The minimum Gasteiger partial charge on any atom is -0.305 e. The molecule has 1 amide bonds. The second kappa shape index (κ2) is 3.25. The Labute approximate surface area is 67.3 Å². The van der Waals surface area contributed by atoms with Gasteiger partial charge in [0.15, 0.2) is 10.9 Å². The van der Waals surface area contributed by atoms with Crippen LogP contribution in [0.15, 0.2) is 5.38 Å². The average Bonchev–Trinajstić information content (AvgIpc) is 2.37. The van der Waals surface area contributed by atoms with Gasteiger partial charge >= 0.3 is 0 Å². The monoisotopic (exact) mass is 170 g/mol. The molecule has 1 rings (SSSR count). The molecule has 0 aliphatic carbocycles. The van der Waals surface area contributed by atoms with E-state index in [9.17, 15) is 9.59 Å². The molecule has 5 heteroatoms. The minimum absolute atomic E-state index is 0.0970. The van der Waals surface area contributed by atoms with E-state index in [4.69, 9.17) is 0 Å². The van der Waals surface area contributed by atoms with Crippen molar-refractivity contribution in [3.05, 3.63) is 11.1 Å². The maximum absolute atomic E-state index is 10.7. The fourth-order valence-electron chi connectivity index (χ4n) is 0.552. The SMILES string of the molecule is CC(=O)c1csc(NC=O)n1. The van der Waals surface area contributed by atoms with E-state index >= 15 is 0 Å². The van der Waals surface area contributed by atoms with Crippen molar-refractivity contribution < 1.29 is 9.59 Å². The number of rotatable bonds is 3. The summed E-state index contributed by atoms with van der Waals surface area (Å²) >= 11 is 1.23. The van der Waals surface area contributed by atoms with Gasteiger partial charge in [0.2, 0.25) is 6.41 Å². The molecule has 11 heavy (non-hydrogen) atoms. The van der Waals surface area contributed by atoms with Gasteiger partial charge in [-0.05, 0) is 0 Å². The largest absolute Gasteiger partial charge is 0.305 e. The highest BCUT2D eigenvalue weighted by molar-refractivity contribution is 7.14. The van der Waals surface area contributed by atoms with Crippen LogP contribution in [-0.2, 0) is 4.79 Å². The third-order valence-corrected chi connectivity index (χ3v) is 1.82. The summed E-state index contributed by atoms with van der Waals surface area (Å²) in [4.78, 5) is 24.4. The van der Waals surface area contributed by atoms with Crippen molar-refractivity contribution in [2.75, 3.05) is 5.32 Å². The van der Waals surface area contributed by atoms with E-state index in [2.05, 4.69) is 10.3 Å². The number of ketones is 1. The molecule has 0 unspecified atom stereocenters. The molecule has 1 aromatic heterocycles. The second-order valence-electron chi connectivity index (χ2n) is 1.86. The number of hydrogen-bond donors (Lipinski definition) is 1. The van der Waals surface area contributed by atoms with Crippen LogP contribution in [0, 0.1) is 0 Å². The van der Waals surface area contributed by atoms with Gasteiger partial charge in [-0.1, -0.05) is 0 Å². The zero-order valence-corrected chi connectivity index (χ0v) is 6.64. The van der Waals surface area contributed by atoms with Crippen molar-refractivity contribution in [3.63, 3.8) is 0 Å². The molecular formula is C6H6N2O2S. The molecule has 0 fully saturated rings. The van der Waals surface area contributed by atoms with E-state index in [0.717, 1.165) is 0 Å². The van der Waals surface area contributed by atoms with Crippen LogP contribution in [-0.4, -0.2) is 17.2 Å². The lowest BCUT2D eigenvalue weighted by Gasteiger charge is -1.86. The lowest BCUT2D eigenvalue weighted by molar-refractivity contribution is -0.105. The molecule has 1 aromatic rings. The molecule has 1 heterocycles. The fourth-order valence-corrected chi connectivity index (χ4v) is 1.26. The van der Waals surface area contributed by atoms with Crippen molar-refractivity contribution in [3.8, 4) is 0 Å². The molecule has 58 valence electrons. The maximum atomic E-state index is 10.7. The highest BCUT2D eigenvalue weighted by Crippen LogP contribution is 2.14. The van der Waals surface area contributed by atoms with Gasteiger partial charge in [0.1, 0.15) is 5.69 Å². The third kappa shape index (κ3) is 1.84. The smallest absolute Gasteiger partial charge is 0.213 e. The molecule has 0 aliphatic heterocycles. The Kier molecular flexibility index (Phi) is 2.32. The Balaban J connectivity index is 2.81. The number of thiazole rings is 1. The van der Waals surface area contributed by atoms with Gasteiger partial charge in [0.25, 0.3) is 0 Å². The van der Waals surface area contributed by atoms with Crippen LogP contribution in [0.5, 0.6) is 0 Å². The van der Waals surface area contributed by atoms with E-state index in [1.54, 1.807) is 5.38 Å². The fraction of sp³-hybridized carbons (Fsp3) is 0.167. The quantitative estimate of drug-likeness (QED) is 0.542. The van der Waals surface area contributed by atoms with Crippen LogP contribution in [0.25, 0.3) is 0 Å². The van der Waals surface area contributed by atoms with Crippen molar-refractivity contribution >= 4 is 28.7 Å². The summed E-state index contributed by atoms with van der Waals surface area (Å²) < 4.78 is 0. The Bertz CT molecular complexity index is 282. The molecule has 0 atom stereocenters. The first-order valence-electron chi connectivity index (χ1n) is 2.90. The minimum atomic E-state index is -0.0970. The van der Waals surface area contributed by atoms with Crippen LogP contribution < -0.4 is 5.32 Å². The van der Waals surface area contributed by atoms with Crippen LogP contribution in [0.1, 0.15) is 17.4 Å². The summed E-state index contributed by atoms with van der Waals surface area (Å²) in [5.74, 6) is -0.0970. The van der Waals surface area contributed by atoms with E-state index in [1.807, 2.05) is 0 Å². The number of carbonyl (C=O) groups excluding carboxylic acids is 2. The number of Topliss-reactive ketones (excluding diaryl/α,β-unsaturated/α-hetero) is 1. The summed E-state index contributed by atoms with van der Waals surface area (Å²) in [6.45, 7) is 1.43. The molecule has 0 saturated carbocycles.